The maximum atomic E-state index is 2.52. The molecule has 1 aromatic carbocycles. The first kappa shape index (κ1) is 20.6. The number of hydrogen-bond acceptors (Lipinski definition) is 1. The van der Waals surface area contributed by atoms with E-state index >= 15 is 0 Å². The van der Waals surface area contributed by atoms with Gasteiger partial charge in [-0.25, -0.2) is 0 Å². The lowest BCUT2D eigenvalue weighted by atomic mass is 9.59. The Morgan fingerprint density at radius 1 is 0.957 bits per heavy atom. The molecule has 0 fully saturated rings. The van der Waals surface area contributed by atoms with Crippen LogP contribution in [0.2, 0.25) is 0 Å². The summed E-state index contributed by atoms with van der Waals surface area (Å²) < 4.78 is 0. The summed E-state index contributed by atoms with van der Waals surface area (Å²) in [6.45, 7) is 19.1. The molecule has 0 spiro atoms. The first-order valence-electron chi connectivity index (χ1n) is 9.36. The molecule has 2 unspecified atom stereocenters. The largest absolute Gasteiger partial charge is 0.122 e. The van der Waals surface area contributed by atoms with E-state index < -0.39 is 0 Å². The normalized spacial score (nSPS) is 16.4. The van der Waals surface area contributed by atoms with Crippen LogP contribution in [0.1, 0.15) is 79.7 Å². The van der Waals surface area contributed by atoms with Gasteiger partial charge in [0.1, 0.15) is 0 Å². The van der Waals surface area contributed by atoms with E-state index in [4.69, 9.17) is 0 Å². The van der Waals surface area contributed by atoms with Gasteiger partial charge in [0.05, 0.1) is 0 Å². The van der Waals surface area contributed by atoms with Crippen LogP contribution in [0.15, 0.2) is 29.2 Å². The van der Waals surface area contributed by atoms with Gasteiger partial charge >= 0.3 is 0 Å². The Morgan fingerprint density at radius 2 is 1.52 bits per heavy atom. The standard InChI is InChI=1S/C22H38S/c1-9-10-11-12-20(22(8,17(2)3)21(5,6)7)23-19-15-13-18(4)14-16-19/h13-17,20H,9-12H2,1-8H3. The third-order valence-corrected chi connectivity index (χ3v) is 7.41. The van der Waals surface area contributed by atoms with Gasteiger partial charge in [-0.1, -0.05) is 85.4 Å². The molecule has 1 rings (SSSR count). The summed E-state index contributed by atoms with van der Waals surface area (Å²) >= 11 is 2.11. The number of hydrogen-bond donors (Lipinski definition) is 0. The Labute approximate surface area is 149 Å². The van der Waals surface area contributed by atoms with Gasteiger partial charge in [0.2, 0.25) is 0 Å². The van der Waals surface area contributed by atoms with Gasteiger partial charge in [0.15, 0.2) is 0 Å². The molecule has 0 heterocycles. The summed E-state index contributed by atoms with van der Waals surface area (Å²) in [6.07, 6.45) is 5.32. The molecule has 23 heavy (non-hydrogen) atoms. The van der Waals surface area contributed by atoms with Crippen LogP contribution in [0.4, 0.5) is 0 Å². The molecular weight excluding hydrogens is 296 g/mol. The summed E-state index contributed by atoms with van der Waals surface area (Å²) in [7, 11) is 0. The monoisotopic (exact) mass is 334 g/mol. The van der Waals surface area contributed by atoms with E-state index in [-0.39, 0.29) is 0 Å². The predicted molar refractivity (Wildman–Crippen MR) is 107 cm³/mol. The van der Waals surface area contributed by atoms with Crippen molar-refractivity contribution in [3.63, 3.8) is 0 Å². The smallest absolute Gasteiger partial charge is 0.0156 e. The van der Waals surface area contributed by atoms with E-state index in [0.29, 0.717) is 22.0 Å². The number of unbranched alkanes of at least 4 members (excludes halogenated alkanes) is 2. The maximum Gasteiger partial charge on any atom is 0.0156 e. The highest BCUT2D eigenvalue weighted by atomic mass is 32.2. The van der Waals surface area contributed by atoms with Crippen LogP contribution in [0.25, 0.3) is 0 Å². The minimum Gasteiger partial charge on any atom is -0.122 e. The van der Waals surface area contributed by atoms with Gasteiger partial charge in [-0.15, -0.1) is 11.8 Å². The summed E-state index contributed by atoms with van der Waals surface area (Å²) in [6, 6.07) is 9.09. The SMILES string of the molecule is CCCCCC(Sc1ccc(C)cc1)C(C)(C(C)C)C(C)(C)C. The molecule has 0 bridgehead atoms. The molecular formula is C22H38S. The molecule has 132 valence electrons. The first-order chi connectivity index (χ1) is 10.6. The Kier molecular flexibility index (Phi) is 7.71. The lowest BCUT2D eigenvalue weighted by Gasteiger charge is -2.51. The van der Waals surface area contributed by atoms with Gasteiger partial charge in [0, 0.05) is 10.1 Å². The summed E-state index contributed by atoms with van der Waals surface area (Å²) in [5.74, 6) is 0.673. The average Bonchev–Trinajstić information content (AvgIpc) is 2.46. The number of aryl methyl sites for hydroxylation is 1. The zero-order chi connectivity index (χ0) is 17.7. The molecule has 0 aromatic heterocycles. The van der Waals surface area contributed by atoms with Gasteiger partial charge in [0.25, 0.3) is 0 Å². The molecule has 0 aliphatic rings. The Bertz CT molecular complexity index is 452. The minimum absolute atomic E-state index is 0.301. The van der Waals surface area contributed by atoms with E-state index in [0.717, 1.165) is 0 Å². The molecule has 0 nitrogen and oxygen atoms in total. The first-order valence-corrected chi connectivity index (χ1v) is 10.2. The number of thioether (sulfide) groups is 1. The van der Waals surface area contributed by atoms with Gasteiger partial charge < -0.3 is 0 Å². The fourth-order valence-electron chi connectivity index (χ4n) is 3.56. The molecule has 0 saturated heterocycles. The van der Waals surface area contributed by atoms with Crippen molar-refractivity contribution in [2.24, 2.45) is 16.7 Å². The van der Waals surface area contributed by atoms with E-state index in [2.05, 4.69) is 91.4 Å². The van der Waals surface area contributed by atoms with Crippen LogP contribution in [-0.4, -0.2) is 5.25 Å². The third kappa shape index (κ3) is 5.28. The van der Waals surface area contributed by atoms with E-state index in [9.17, 15) is 0 Å². The highest BCUT2D eigenvalue weighted by molar-refractivity contribution is 8.00. The molecule has 2 atom stereocenters. The van der Waals surface area contributed by atoms with Crippen molar-refractivity contribution in [3.05, 3.63) is 29.8 Å². The highest BCUT2D eigenvalue weighted by Crippen LogP contribution is 2.53. The van der Waals surface area contributed by atoms with Crippen LogP contribution in [0.5, 0.6) is 0 Å². The molecule has 0 N–H and O–H groups in total. The maximum absolute atomic E-state index is 2.52. The van der Waals surface area contributed by atoms with Crippen LogP contribution in [0.3, 0.4) is 0 Å². The molecule has 0 aliphatic heterocycles. The lowest BCUT2D eigenvalue weighted by Crippen LogP contribution is -2.46. The molecule has 0 radical (unpaired) electrons. The minimum atomic E-state index is 0.301. The second-order valence-corrected chi connectivity index (χ2v) is 9.88. The van der Waals surface area contributed by atoms with E-state index in [1.165, 1.54) is 36.1 Å². The van der Waals surface area contributed by atoms with Gasteiger partial charge in [-0.3, -0.25) is 0 Å². The van der Waals surface area contributed by atoms with Crippen molar-refractivity contribution in [2.45, 2.75) is 91.2 Å². The van der Waals surface area contributed by atoms with Crippen molar-refractivity contribution in [1.29, 1.82) is 0 Å². The fraction of sp³-hybridized carbons (Fsp3) is 0.727. The van der Waals surface area contributed by atoms with Crippen molar-refractivity contribution >= 4 is 11.8 Å². The van der Waals surface area contributed by atoms with Crippen LogP contribution < -0.4 is 0 Å². The molecule has 0 aliphatic carbocycles. The van der Waals surface area contributed by atoms with Crippen LogP contribution in [-0.2, 0) is 0 Å². The molecule has 1 aromatic rings. The Hall–Kier alpha value is -0.430. The summed E-state index contributed by atoms with van der Waals surface area (Å²) in [5.41, 5.74) is 1.96. The second-order valence-electron chi connectivity index (χ2n) is 8.60. The van der Waals surface area contributed by atoms with Crippen molar-refractivity contribution < 1.29 is 0 Å². The molecule has 1 heteroatoms. The molecule has 0 saturated carbocycles. The van der Waals surface area contributed by atoms with Crippen LogP contribution >= 0.6 is 11.8 Å². The predicted octanol–water partition coefficient (Wildman–Crippen LogP) is 7.74. The fourth-order valence-corrected chi connectivity index (χ4v) is 5.34. The lowest BCUT2D eigenvalue weighted by molar-refractivity contribution is 0.0455. The number of rotatable bonds is 8. The van der Waals surface area contributed by atoms with Crippen molar-refractivity contribution in [1.82, 2.24) is 0 Å². The second kappa shape index (κ2) is 8.60. The topological polar surface area (TPSA) is 0 Å². The third-order valence-electron chi connectivity index (χ3n) is 5.85. The van der Waals surface area contributed by atoms with Crippen molar-refractivity contribution in [3.8, 4) is 0 Å². The van der Waals surface area contributed by atoms with Crippen LogP contribution in [0, 0.1) is 23.7 Å². The zero-order valence-corrected chi connectivity index (χ0v) is 17.5. The molecule has 0 amide bonds. The summed E-state index contributed by atoms with van der Waals surface area (Å²) in [5, 5.41) is 0.664. The van der Waals surface area contributed by atoms with Gasteiger partial charge in [-0.2, -0.15) is 0 Å². The quantitative estimate of drug-likeness (QED) is 0.346. The van der Waals surface area contributed by atoms with Crippen molar-refractivity contribution in [2.75, 3.05) is 0 Å². The highest BCUT2D eigenvalue weighted by Gasteiger charge is 2.46. The Morgan fingerprint density at radius 3 is 1.96 bits per heavy atom. The summed E-state index contributed by atoms with van der Waals surface area (Å²) in [4.78, 5) is 1.42. The van der Waals surface area contributed by atoms with E-state index in [1.807, 2.05) is 0 Å². The average molecular weight is 335 g/mol. The van der Waals surface area contributed by atoms with E-state index in [1.54, 1.807) is 0 Å². The zero-order valence-electron chi connectivity index (χ0n) is 16.7. The van der Waals surface area contributed by atoms with Gasteiger partial charge in [-0.05, 0) is 42.2 Å². The number of benzene rings is 1. The Balaban J connectivity index is 3.08.